The van der Waals surface area contributed by atoms with Crippen molar-refractivity contribution >= 4 is 7.69 Å². The lowest BCUT2D eigenvalue weighted by Crippen LogP contribution is -1.75. The van der Waals surface area contributed by atoms with Crippen molar-refractivity contribution in [3.63, 3.8) is 0 Å². The number of nitrogens with zero attached hydrogens (tertiary/aromatic N) is 2. The van der Waals surface area contributed by atoms with Gasteiger partial charge in [-0.3, -0.25) is 0 Å². The molecule has 0 aliphatic rings. The predicted octanol–water partition coefficient (Wildman–Crippen LogP) is -0.333. The SMILES string of the molecule is N#Cc1cccc(C#N)c1.OBO. The zero-order chi connectivity index (χ0) is 10.1. The average Bonchev–Trinajstić information content (AvgIpc) is 2.19. The number of rotatable bonds is 0. The summed E-state index contributed by atoms with van der Waals surface area (Å²) in [5, 5.41) is 31.0. The first kappa shape index (κ1) is 11.2. The molecule has 4 nitrogen and oxygen atoms in total. The quantitative estimate of drug-likeness (QED) is 0.527. The van der Waals surface area contributed by atoms with Gasteiger partial charge in [0.25, 0.3) is 0 Å². The first-order chi connectivity index (χ1) is 6.28. The van der Waals surface area contributed by atoms with Gasteiger partial charge in [0, 0.05) is 0 Å². The highest BCUT2D eigenvalue weighted by Crippen LogP contribution is 2.01. The highest BCUT2D eigenvalue weighted by molar-refractivity contribution is 6.13. The molecule has 1 rings (SSSR count). The molecule has 1 aromatic carbocycles. The number of benzene rings is 1. The Bertz CT molecular complexity index is 311. The van der Waals surface area contributed by atoms with Crippen LogP contribution >= 0.6 is 0 Å². The van der Waals surface area contributed by atoms with Crippen molar-refractivity contribution in [2.24, 2.45) is 0 Å². The molecular formula is C8H7BN2O2. The minimum absolute atomic E-state index is 0.527. The van der Waals surface area contributed by atoms with Crippen LogP contribution in [0.4, 0.5) is 0 Å². The first-order valence-corrected chi connectivity index (χ1v) is 3.40. The Labute approximate surface area is 76.6 Å². The van der Waals surface area contributed by atoms with Crippen LogP contribution in [-0.4, -0.2) is 17.7 Å². The topological polar surface area (TPSA) is 88.0 Å². The summed E-state index contributed by atoms with van der Waals surface area (Å²) < 4.78 is 0. The Morgan fingerprint density at radius 2 is 1.46 bits per heavy atom. The van der Waals surface area contributed by atoms with E-state index in [2.05, 4.69) is 0 Å². The summed E-state index contributed by atoms with van der Waals surface area (Å²) in [6, 6.07) is 10.5. The van der Waals surface area contributed by atoms with Gasteiger partial charge in [-0.15, -0.1) is 0 Å². The van der Waals surface area contributed by atoms with Crippen LogP contribution in [-0.2, 0) is 0 Å². The fourth-order valence-corrected chi connectivity index (χ4v) is 0.658. The van der Waals surface area contributed by atoms with Crippen LogP contribution in [0, 0.1) is 22.7 Å². The molecule has 0 amide bonds. The molecule has 2 N–H and O–H groups in total. The molecule has 0 aliphatic carbocycles. The molecule has 0 unspecified atom stereocenters. The third-order valence-electron chi connectivity index (χ3n) is 1.12. The molecule has 0 atom stereocenters. The van der Waals surface area contributed by atoms with Crippen LogP contribution in [0.1, 0.15) is 11.1 Å². The third-order valence-corrected chi connectivity index (χ3v) is 1.12. The summed E-state index contributed by atoms with van der Waals surface area (Å²) in [5.41, 5.74) is 1.05. The fraction of sp³-hybridized carbons (Fsp3) is 0. The standard InChI is InChI=1S/C8H4N2.BH3O2/c9-5-7-2-1-3-8(4-7)6-10;2-1-3/h1-4H;1-3H. The molecule has 0 saturated carbocycles. The maximum absolute atomic E-state index is 8.40. The largest absolute Gasteiger partial charge is 0.432 e. The Balaban J connectivity index is 0.000000424. The first-order valence-electron chi connectivity index (χ1n) is 3.40. The molecular weight excluding hydrogens is 167 g/mol. The summed E-state index contributed by atoms with van der Waals surface area (Å²) >= 11 is 0. The zero-order valence-electron chi connectivity index (χ0n) is 6.81. The maximum atomic E-state index is 8.40. The molecule has 13 heavy (non-hydrogen) atoms. The summed E-state index contributed by atoms with van der Waals surface area (Å²) in [5.74, 6) is 0. The van der Waals surface area contributed by atoms with E-state index < -0.39 is 7.69 Å². The van der Waals surface area contributed by atoms with E-state index >= 15 is 0 Å². The summed E-state index contributed by atoms with van der Waals surface area (Å²) in [6.45, 7) is 0. The lowest BCUT2D eigenvalue weighted by atomic mass is 10.2. The van der Waals surface area contributed by atoms with E-state index in [1.807, 2.05) is 12.1 Å². The number of nitriles is 2. The average molecular weight is 174 g/mol. The second kappa shape index (κ2) is 6.87. The van der Waals surface area contributed by atoms with E-state index in [0.29, 0.717) is 11.1 Å². The van der Waals surface area contributed by atoms with E-state index in [0.717, 1.165) is 0 Å². The molecule has 0 aliphatic heterocycles. The van der Waals surface area contributed by atoms with Crippen LogP contribution in [0.15, 0.2) is 24.3 Å². The van der Waals surface area contributed by atoms with Gasteiger partial charge >= 0.3 is 7.69 Å². The smallest absolute Gasteiger partial charge is 0.430 e. The molecule has 5 heteroatoms. The van der Waals surface area contributed by atoms with Crippen LogP contribution < -0.4 is 0 Å². The predicted molar refractivity (Wildman–Crippen MR) is 47.5 cm³/mol. The third kappa shape index (κ3) is 4.60. The van der Waals surface area contributed by atoms with Gasteiger partial charge in [-0.25, -0.2) is 0 Å². The van der Waals surface area contributed by atoms with Gasteiger partial charge < -0.3 is 10.0 Å². The molecule has 0 radical (unpaired) electrons. The maximum Gasteiger partial charge on any atom is 0.432 e. The van der Waals surface area contributed by atoms with Gasteiger partial charge in [0.05, 0.1) is 23.3 Å². The highest BCUT2D eigenvalue weighted by Gasteiger charge is 1.90. The van der Waals surface area contributed by atoms with E-state index in [4.69, 9.17) is 20.6 Å². The monoisotopic (exact) mass is 174 g/mol. The summed E-state index contributed by atoms with van der Waals surface area (Å²) in [4.78, 5) is 0. The number of hydrogen-bond acceptors (Lipinski definition) is 4. The lowest BCUT2D eigenvalue weighted by molar-refractivity contribution is 0.448. The van der Waals surface area contributed by atoms with Crippen molar-refractivity contribution < 1.29 is 10.0 Å². The number of hydrogen-bond donors (Lipinski definition) is 2. The Morgan fingerprint density at radius 1 is 1.08 bits per heavy atom. The van der Waals surface area contributed by atoms with Crippen molar-refractivity contribution in [2.45, 2.75) is 0 Å². The van der Waals surface area contributed by atoms with E-state index in [-0.39, 0.29) is 0 Å². The summed E-state index contributed by atoms with van der Waals surface area (Å²) in [7, 11) is -0.750. The van der Waals surface area contributed by atoms with Gasteiger partial charge in [0.2, 0.25) is 0 Å². The van der Waals surface area contributed by atoms with Crippen molar-refractivity contribution in [1.82, 2.24) is 0 Å². The molecule has 0 spiro atoms. The minimum Gasteiger partial charge on any atom is -0.430 e. The normalized spacial score (nSPS) is 7.08. The van der Waals surface area contributed by atoms with Crippen LogP contribution in [0.2, 0.25) is 0 Å². The van der Waals surface area contributed by atoms with Crippen LogP contribution in [0.25, 0.3) is 0 Å². The zero-order valence-corrected chi connectivity index (χ0v) is 6.81. The van der Waals surface area contributed by atoms with Crippen molar-refractivity contribution in [1.29, 1.82) is 10.5 Å². The Kier molecular flexibility index (Phi) is 5.91. The molecule has 0 fully saturated rings. The Morgan fingerprint density at radius 3 is 1.77 bits per heavy atom. The van der Waals surface area contributed by atoms with Gasteiger partial charge in [0.15, 0.2) is 0 Å². The molecule has 1 aromatic rings. The molecule has 0 heterocycles. The second-order valence-corrected chi connectivity index (χ2v) is 1.95. The van der Waals surface area contributed by atoms with E-state index in [9.17, 15) is 0 Å². The highest BCUT2D eigenvalue weighted by atomic mass is 16.4. The second-order valence-electron chi connectivity index (χ2n) is 1.95. The van der Waals surface area contributed by atoms with Gasteiger partial charge in [-0.2, -0.15) is 10.5 Å². The van der Waals surface area contributed by atoms with E-state index in [1.165, 1.54) is 0 Å². The van der Waals surface area contributed by atoms with Gasteiger partial charge in [-0.1, -0.05) is 6.07 Å². The fourth-order valence-electron chi connectivity index (χ4n) is 0.658. The van der Waals surface area contributed by atoms with Crippen molar-refractivity contribution in [2.75, 3.05) is 0 Å². The van der Waals surface area contributed by atoms with E-state index in [1.54, 1.807) is 24.3 Å². The van der Waals surface area contributed by atoms with Crippen LogP contribution in [0.5, 0.6) is 0 Å². The molecule has 0 aromatic heterocycles. The van der Waals surface area contributed by atoms with Crippen molar-refractivity contribution in [3.05, 3.63) is 35.4 Å². The van der Waals surface area contributed by atoms with Gasteiger partial charge in [0.1, 0.15) is 0 Å². The summed E-state index contributed by atoms with van der Waals surface area (Å²) in [6.07, 6.45) is 0. The van der Waals surface area contributed by atoms with Crippen LogP contribution in [0.3, 0.4) is 0 Å². The molecule has 64 valence electrons. The Hall–Kier alpha value is -1.82. The molecule has 0 saturated heterocycles. The lowest BCUT2D eigenvalue weighted by Gasteiger charge is -1.86. The van der Waals surface area contributed by atoms with Gasteiger partial charge in [-0.05, 0) is 18.2 Å². The minimum atomic E-state index is -0.750. The molecule has 0 bridgehead atoms. The van der Waals surface area contributed by atoms with Crippen molar-refractivity contribution in [3.8, 4) is 12.1 Å².